The van der Waals surface area contributed by atoms with Gasteiger partial charge < -0.3 is 28.5 Å². The van der Waals surface area contributed by atoms with Crippen molar-refractivity contribution in [1.82, 2.24) is 0 Å². The molecule has 0 amide bonds. The largest absolute Gasteiger partial charge is 0.477 e. The van der Waals surface area contributed by atoms with Crippen molar-refractivity contribution >= 4 is 17.9 Å². The van der Waals surface area contributed by atoms with Crippen molar-refractivity contribution in [2.45, 2.75) is 309 Å². The molecular weight excluding hydrogens is 1050 g/mol. The van der Waals surface area contributed by atoms with E-state index in [4.69, 9.17) is 18.9 Å². The molecule has 488 valence electrons. The van der Waals surface area contributed by atoms with Gasteiger partial charge in [0.2, 0.25) is 0 Å². The third kappa shape index (κ3) is 67.3. The molecule has 9 heteroatoms. The summed E-state index contributed by atoms with van der Waals surface area (Å²) in [5.41, 5.74) is 0. The van der Waals surface area contributed by atoms with Crippen molar-refractivity contribution in [3.8, 4) is 0 Å². The summed E-state index contributed by atoms with van der Waals surface area (Å²) < 4.78 is 23.0. The number of carbonyl (C=O) groups is 3. The van der Waals surface area contributed by atoms with Gasteiger partial charge in [-0.3, -0.25) is 9.59 Å². The first-order chi connectivity index (χ1) is 41.6. The highest BCUT2D eigenvalue weighted by molar-refractivity contribution is 5.71. The van der Waals surface area contributed by atoms with Gasteiger partial charge in [0.05, 0.1) is 34.4 Å². The fourth-order valence-corrected chi connectivity index (χ4v) is 9.74. The average Bonchev–Trinajstić information content (AvgIpc) is 3.49. The molecule has 0 heterocycles. The van der Waals surface area contributed by atoms with Gasteiger partial charge in [0.1, 0.15) is 13.2 Å². The van der Waals surface area contributed by atoms with Gasteiger partial charge in [-0.05, 0) is 96.3 Å². The number of carboxylic acids is 1. The number of esters is 2. The predicted molar refractivity (Wildman–Crippen MR) is 364 cm³/mol. The monoisotopic (exact) mass is 1190 g/mol. The van der Waals surface area contributed by atoms with Crippen LogP contribution < -0.4 is 0 Å². The molecule has 0 aliphatic carbocycles. The lowest BCUT2D eigenvalue weighted by molar-refractivity contribution is -0.870. The number of likely N-dealkylation sites (N-methyl/N-ethyl adjacent to an activating group) is 1. The molecule has 2 atom stereocenters. The Morgan fingerprint density at radius 1 is 0.353 bits per heavy atom. The van der Waals surface area contributed by atoms with Crippen LogP contribution in [0.2, 0.25) is 0 Å². The Morgan fingerprint density at radius 3 is 0.941 bits per heavy atom. The first-order valence-corrected chi connectivity index (χ1v) is 35.1. The molecule has 0 saturated heterocycles. The molecule has 9 nitrogen and oxygen atoms in total. The summed E-state index contributed by atoms with van der Waals surface area (Å²) in [4.78, 5) is 37.6. The van der Waals surface area contributed by atoms with Gasteiger partial charge in [-0.15, -0.1) is 0 Å². The maximum absolute atomic E-state index is 13.0. The summed E-state index contributed by atoms with van der Waals surface area (Å²) in [6, 6.07) is 0. The second kappa shape index (κ2) is 65.9. The number of nitrogens with zero attached hydrogens (tertiary/aromatic N) is 1. The first-order valence-electron chi connectivity index (χ1n) is 35.1. The third-order valence-electron chi connectivity index (χ3n) is 15.0. The van der Waals surface area contributed by atoms with Crippen molar-refractivity contribution in [2.75, 3.05) is 47.5 Å². The maximum atomic E-state index is 13.0. The minimum atomic E-state index is -1.51. The van der Waals surface area contributed by atoms with Crippen molar-refractivity contribution in [3.05, 3.63) is 109 Å². The Labute approximate surface area is 524 Å². The fraction of sp³-hybridized carbons (Fsp3) is 0.724. The second-order valence-electron chi connectivity index (χ2n) is 24.4. The number of hydrogen-bond donors (Lipinski definition) is 1. The van der Waals surface area contributed by atoms with Gasteiger partial charge in [-0.1, -0.05) is 297 Å². The van der Waals surface area contributed by atoms with Gasteiger partial charge in [0.15, 0.2) is 6.10 Å². The van der Waals surface area contributed by atoms with Gasteiger partial charge in [-0.2, -0.15) is 0 Å². The molecule has 85 heavy (non-hydrogen) atoms. The van der Waals surface area contributed by atoms with Crippen molar-refractivity contribution in [1.29, 1.82) is 0 Å². The highest BCUT2D eigenvalue weighted by Crippen LogP contribution is 2.18. The molecule has 0 fully saturated rings. The second-order valence-corrected chi connectivity index (χ2v) is 24.4. The topological polar surface area (TPSA) is 108 Å². The fourth-order valence-electron chi connectivity index (χ4n) is 9.74. The van der Waals surface area contributed by atoms with Crippen LogP contribution in [0.3, 0.4) is 0 Å². The van der Waals surface area contributed by atoms with Crippen LogP contribution in [-0.4, -0.2) is 87.4 Å². The number of allylic oxidation sites excluding steroid dienone is 18. The van der Waals surface area contributed by atoms with E-state index < -0.39 is 24.3 Å². The Hall–Kier alpha value is -4.05. The van der Waals surface area contributed by atoms with E-state index in [1.54, 1.807) is 0 Å². The molecule has 0 aliphatic heterocycles. The Bertz CT molecular complexity index is 1760. The quantitative estimate of drug-likeness (QED) is 0.0211. The highest BCUT2D eigenvalue weighted by atomic mass is 16.7. The molecule has 0 rings (SSSR count). The standard InChI is InChI=1S/C76H131NO8/c1-6-8-10-12-14-16-18-20-22-24-26-28-30-32-34-36-37-39-41-43-45-47-49-51-53-55-57-59-61-63-65-67-74(79)85-72(71-84-76(75(80)81)82-69-68-77(3,4)5)70-83-73(78)66-64-62-60-58-56-54-52-50-48-46-44-42-40-38-35-33-31-29-27-25-23-21-19-17-15-13-11-9-7-2/h8-11,14-17,20-23,26-29,32,34,72,76H,6-7,12-13,18-19,24-25,30-31,33,35-71H2,1-5H3/p+1/b10-8-,11-9-,16-14-,17-15-,22-20-,23-21-,28-26-,29-27-,34-32-. The van der Waals surface area contributed by atoms with Gasteiger partial charge >= 0.3 is 17.9 Å². The minimum absolute atomic E-state index is 0.184. The Kier molecular flexibility index (Phi) is 62.8. The molecule has 0 aromatic heterocycles. The maximum Gasteiger partial charge on any atom is 0.361 e. The molecule has 0 bridgehead atoms. The van der Waals surface area contributed by atoms with E-state index >= 15 is 0 Å². The van der Waals surface area contributed by atoms with Crippen LogP contribution in [0.5, 0.6) is 0 Å². The first kappa shape index (κ1) is 81.0. The molecule has 0 aromatic rings. The van der Waals surface area contributed by atoms with Crippen LogP contribution >= 0.6 is 0 Å². The van der Waals surface area contributed by atoms with E-state index in [9.17, 15) is 19.5 Å². The molecule has 0 aromatic carbocycles. The van der Waals surface area contributed by atoms with E-state index in [2.05, 4.69) is 123 Å². The summed E-state index contributed by atoms with van der Waals surface area (Å²) in [5, 5.41) is 9.75. The smallest absolute Gasteiger partial charge is 0.361 e. The van der Waals surface area contributed by atoms with Gasteiger partial charge in [0, 0.05) is 12.8 Å². The van der Waals surface area contributed by atoms with Crippen LogP contribution in [-0.2, 0) is 33.3 Å². The zero-order chi connectivity index (χ0) is 61.9. The van der Waals surface area contributed by atoms with Crippen LogP contribution in [0.4, 0.5) is 0 Å². The lowest BCUT2D eigenvalue weighted by Gasteiger charge is -2.25. The van der Waals surface area contributed by atoms with Crippen LogP contribution in [0.15, 0.2) is 109 Å². The zero-order valence-electron chi connectivity index (χ0n) is 55.7. The summed E-state index contributed by atoms with van der Waals surface area (Å²) in [5.74, 6) is -2.00. The predicted octanol–water partition coefficient (Wildman–Crippen LogP) is 21.8. The molecule has 0 saturated carbocycles. The lowest BCUT2D eigenvalue weighted by Crippen LogP contribution is -2.40. The highest BCUT2D eigenvalue weighted by Gasteiger charge is 2.25. The number of hydrogen-bond acceptors (Lipinski definition) is 7. The summed E-state index contributed by atoms with van der Waals surface area (Å²) in [7, 11) is 5.98. The molecule has 0 spiro atoms. The number of aliphatic carboxylic acids is 1. The van der Waals surface area contributed by atoms with Gasteiger partial charge in [0.25, 0.3) is 6.29 Å². The normalized spacial score (nSPS) is 13.4. The Morgan fingerprint density at radius 2 is 0.635 bits per heavy atom. The van der Waals surface area contributed by atoms with E-state index in [-0.39, 0.29) is 32.2 Å². The van der Waals surface area contributed by atoms with E-state index in [0.29, 0.717) is 17.4 Å². The number of ether oxygens (including phenoxy) is 4. The Balaban J connectivity index is 4.11. The number of carboxylic acid groups (broad SMARTS) is 1. The molecular formula is C76H132NO8+. The van der Waals surface area contributed by atoms with Crippen molar-refractivity contribution < 1.29 is 42.9 Å². The third-order valence-corrected chi connectivity index (χ3v) is 15.0. The van der Waals surface area contributed by atoms with Crippen LogP contribution in [0.25, 0.3) is 0 Å². The SMILES string of the molecule is CC/C=C\C/C=C\C/C=C\C/C=C\C/C=C\CCCCCCCCCCCCCCCCCC(=O)OC(COC(=O)CCCCCCCCCCCCCCCCCC/C=C\C/C=C\C/C=C\C/C=C\CC)COC(OCC[N+](C)(C)C)C(=O)O. The summed E-state index contributed by atoms with van der Waals surface area (Å²) >= 11 is 0. The van der Waals surface area contributed by atoms with Gasteiger partial charge in [-0.25, -0.2) is 4.79 Å². The lowest BCUT2D eigenvalue weighted by atomic mass is 10.0. The van der Waals surface area contributed by atoms with E-state index in [1.807, 2.05) is 21.1 Å². The van der Waals surface area contributed by atoms with Crippen LogP contribution in [0.1, 0.15) is 296 Å². The van der Waals surface area contributed by atoms with Crippen LogP contribution in [0, 0.1) is 0 Å². The van der Waals surface area contributed by atoms with E-state index in [1.165, 1.54) is 173 Å². The van der Waals surface area contributed by atoms with Crippen molar-refractivity contribution in [2.24, 2.45) is 0 Å². The minimum Gasteiger partial charge on any atom is -0.477 e. The number of unbranched alkanes of at least 4 members (excludes halogenated alkanes) is 31. The zero-order valence-corrected chi connectivity index (χ0v) is 55.7. The summed E-state index contributed by atoms with van der Waals surface area (Å²) in [6.45, 7) is 4.68. The molecule has 0 radical (unpaired) electrons. The summed E-state index contributed by atoms with van der Waals surface area (Å²) in [6.07, 6.45) is 89.1. The molecule has 1 N–H and O–H groups in total. The van der Waals surface area contributed by atoms with E-state index in [0.717, 1.165) is 96.3 Å². The number of carbonyl (C=O) groups excluding carboxylic acids is 2. The average molecular weight is 1190 g/mol. The number of quaternary nitrogens is 1. The molecule has 2 unspecified atom stereocenters. The van der Waals surface area contributed by atoms with Crippen molar-refractivity contribution in [3.63, 3.8) is 0 Å². The number of rotatable bonds is 64. The molecule has 0 aliphatic rings.